The van der Waals surface area contributed by atoms with Gasteiger partial charge in [0.1, 0.15) is 5.75 Å². The quantitative estimate of drug-likeness (QED) is 0.542. The van der Waals surface area contributed by atoms with Crippen LogP contribution in [0.2, 0.25) is 5.02 Å². The lowest BCUT2D eigenvalue weighted by Crippen LogP contribution is -2.43. The number of nitrogens with one attached hydrogen (secondary N) is 1. The number of rotatable bonds is 9. The molecule has 0 unspecified atom stereocenters. The minimum absolute atomic E-state index is 0.106. The first-order valence-electron chi connectivity index (χ1n) is 11.2. The number of amides is 1. The molecule has 1 aliphatic rings. The van der Waals surface area contributed by atoms with E-state index in [2.05, 4.69) is 12.2 Å². The fraction of sp³-hybridized carbons (Fsp3) is 0.458. The van der Waals surface area contributed by atoms with E-state index in [0.717, 1.165) is 24.9 Å². The van der Waals surface area contributed by atoms with E-state index in [9.17, 15) is 13.2 Å². The van der Waals surface area contributed by atoms with Crippen LogP contribution in [0.4, 0.5) is 5.69 Å². The summed E-state index contributed by atoms with van der Waals surface area (Å²) in [5, 5.41) is 3.19. The van der Waals surface area contributed by atoms with Crippen molar-refractivity contribution in [1.29, 1.82) is 0 Å². The van der Waals surface area contributed by atoms with E-state index in [1.165, 1.54) is 22.0 Å². The molecule has 1 amide bonds. The number of sulfonamides is 1. The van der Waals surface area contributed by atoms with Crippen LogP contribution in [0.25, 0.3) is 0 Å². The van der Waals surface area contributed by atoms with Crippen LogP contribution in [0.3, 0.4) is 0 Å². The molecular weight excluding hydrogens is 448 g/mol. The largest absolute Gasteiger partial charge is 0.492 e. The second-order valence-corrected chi connectivity index (χ2v) is 10.4. The second-order valence-electron chi connectivity index (χ2n) is 8.02. The van der Waals surface area contributed by atoms with Gasteiger partial charge >= 0.3 is 0 Å². The monoisotopic (exact) mass is 478 g/mol. The van der Waals surface area contributed by atoms with Crippen LogP contribution >= 0.6 is 11.6 Å². The van der Waals surface area contributed by atoms with Crippen LogP contribution in [0.15, 0.2) is 47.4 Å². The van der Waals surface area contributed by atoms with Gasteiger partial charge in [0.2, 0.25) is 15.9 Å². The lowest BCUT2D eigenvalue weighted by molar-refractivity contribution is -0.120. The molecule has 0 bridgehead atoms. The predicted octanol–water partition coefficient (Wildman–Crippen LogP) is 5.12. The van der Waals surface area contributed by atoms with Crippen molar-refractivity contribution in [3.8, 4) is 5.75 Å². The minimum atomic E-state index is -3.76. The number of carbonyl (C=O) groups excluding carboxylic acids is 1. The third-order valence-electron chi connectivity index (χ3n) is 5.64. The topological polar surface area (TPSA) is 75.7 Å². The number of unbranched alkanes of at least 4 members (excludes halogenated alkanes) is 1. The molecule has 0 aliphatic carbocycles. The molecule has 6 nitrogen and oxygen atoms in total. The van der Waals surface area contributed by atoms with Gasteiger partial charge in [-0.3, -0.25) is 4.79 Å². The number of aryl methyl sites for hydroxylation is 1. The van der Waals surface area contributed by atoms with Crippen molar-refractivity contribution in [2.45, 2.75) is 50.8 Å². The van der Waals surface area contributed by atoms with Gasteiger partial charge in [-0.2, -0.15) is 4.31 Å². The number of hydrogen-bond donors (Lipinski definition) is 1. The first kappa shape index (κ1) is 24.6. The van der Waals surface area contributed by atoms with Gasteiger partial charge in [0, 0.05) is 18.8 Å². The molecule has 0 aromatic heterocycles. The molecule has 174 valence electrons. The first-order chi connectivity index (χ1) is 15.3. The fourth-order valence-electron chi connectivity index (χ4n) is 3.82. The highest BCUT2D eigenvalue weighted by Gasteiger charge is 2.33. The molecule has 3 rings (SSSR count). The first-order valence-corrected chi connectivity index (χ1v) is 13.0. The molecule has 1 saturated heterocycles. The Hall–Kier alpha value is -2.09. The lowest BCUT2D eigenvalue weighted by Gasteiger charge is -2.31. The summed E-state index contributed by atoms with van der Waals surface area (Å²) in [4.78, 5) is 12.9. The van der Waals surface area contributed by atoms with Gasteiger partial charge in [-0.1, -0.05) is 37.1 Å². The highest BCUT2D eigenvalue weighted by Crippen LogP contribution is 2.30. The van der Waals surface area contributed by atoms with Gasteiger partial charge < -0.3 is 10.1 Å². The maximum absolute atomic E-state index is 13.2. The van der Waals surface area contributed by atoms with Crippen LogP contribution in [0.1, 0.15) is 45.1 Å². The van der Waals surface area contributed by atoms with E-state index in [1.54, 1.807) is 6.07 Å². The molecule has 32 heavy (non-hydrogen) atoms. The van der Waals surface area contributed by atoms with Crippen LogP contribution < -0.4 is 10.1 Å². The van der Waals surface area contributed by atoms with Crippen molar-refractivity contribution < 1.29 is 17.9 Å². The minimum Gasteiger partial charge on any atom is -0.492 e. The lowest BCUT2D eigenvalue weighted by atomic mass is 9.98. The summed E-state index contributed by atoms with van der Waals surface area (Å²) in [6.07, 6.45) is 4.57. The Morgan fingerprint density at radius 3 is 2.59 bits per heavy atom. The molecule has 2 aromatic carbocycles. The van der Waals surface area contributed by atoms with E-state index in [-0.39, 0.29) is 22.4 Å². The molecule has 1 N–H and O–H groups in total. The molecule has 1 heterocycles. The zero-order valence-electron chi connectivity index (χ0n) is 18.6. The van der Waals surface area contributed by atoms with E-state index < -0.39 is 15.9 Å². The molecule has 1 atom stereocenters. The number of nitrogens with zero attached hydrogens (tertiary/aromatic N) is 1. The SMILES string of the molecule is CCCCc1ccc(NC(=O)[C@H]2CCCN(S(=O)(=O)c3ccc(OCC)c(Cl)c3)C2)cc1. The Balaban J connectivity index is 1.66. The second kappa shape index (κ2) is 11.2. The molecule has 8 heteroatoms. The average molecular weight is 479 g/mol. The van der Waals surface area contributed by atoms with Crippen molar-refractivity contribution >= 4 is 33.2 Å². The standard InChI is InChI=1S/C24H31ClN2O4S/c1-3-5-7-18-9-11-20(12-10-18)26-24(28)19-8-6-15-27(17-19)32(29,30)21-13-14-23(31-4-2)22(25)16-21/h9-14,16,19H,3-8,15,17H2,1-2H3,(H,26,28)/t19-/m0/s1. The average Bonchev–Trinajstić information content (AvgIpc) is 2.80. The summed E-state index contributed by atoms with van der Waals surface area (Å²) in [6.45, 7) is 4.96. The Morgan fingerprint density at radius 1 is 1.19 bits per heavy atom. The zero-order chi connectivity index (χ0) is 23.1. The van der Waals surface area contributed by atoms with Crippen LogP contribution in [-0.4, -0.2) is 38.3 Å². The summed E-state index contributed by atoms with van der Waals surface area (Å²) in [5.41, 5.74) is 1.97. The molecule has 2 aromatic rings. The summed E-state index contributed by atoms with van der Waals surface area (Å²) in [7, 11) is -3.76. The van der Waals surface area contributed by atoms with Gasteiger partial charge in [-0.05, 0) is 68.5 Å². The number of benzene rings is 2. The van der Waals surface area contributed by atoms with Crippen LogP contribution in [0.5, 0.6) is 5.75 Å². The van der Waals surface area contributed by atoms with Crippen molar-refractivity contribution in [2.75, 3.05) is 25.0 Å². The number of ether oxygens (including phenoxy) is 1. The van der Waals surface area contributed by atoms with E-state index in [0.29, 0.717) is 31.7 Å². The maximum Gasteiger partial charge on any atom is 0.243 e. The van der Waals surface area contributed by atoms with Gasteiger partial charge in [0.25, 0.3) is 0 Å². The predicted molar refractivity (Wildman–Crippen MR) is 128 cm³/mol. The van der Waals surface area contributed by atoms with Gasteiger partial charge in [0.05, 0.1) is 22.4 Å². The molecule has 0 radical (unpaired) electrons. The summed E-state index contributed by atoms with van der Waals surface area (Å²) in [5.74, 6) is -0.114. The Labute approximate surface area is 196 Å². The number of anilines is 1. The summed E-state index contributed by atoms with van der Waals surface area (Å²) >= 11 is 6.19. The molecule has 1 fully saturated rings. The third kappa shape index (κ3) is 6.03. The van der Waals surface area contributed by atoms with Crippen LogP contribution in [0, 0.1) is 5.92 Å². The zero-order valence-corrected chi connectivity index (χ0v) is 20.2. The van der Waals surface area contributed by atoms with Crippen molar-refractivity contribution in [3.05, 3.63) is 53.1 Å². The van der Waals surface area contributed by atoms with Gasteiger partial charge in [0.15, 0.2) is 0 Å². The molecule has 0 saturated carbocycles. The van der Waals surface area contributed by atoms with Crippen molar-refractivity contribution in [2.24, 2.45) is 5.92 Å². The van der Waals surface area contributed by atoms with E-state index in [1.807, 2.05) is 31.2 Å². The van der Waals surface area contributed by atoms with E-state index in [4.69, 9.17) is 16.3 Å². The molecule has 0 spiro atoms. The number of halogens is 1. The van der Waals surface area contributed by atoms with Crippen LogP contribution in [-0.2, 0) is 21.2 Å². The number of hydrogen-bond acceptors (Lipinski definition) is 4. The molecular formula is C24H31ClN2O4S. The molecule has 1 aliphatic heterocycles. The summed E-state index contributed by atoms with van der Waals surface area (Å²) < 4.78 is 33.1. The Bertz CT molecular complexity index is 1020. The van der Waals surface area contributed by atoms with Crippen molar-refractivity contribution in [1.82, 2.24) is 4.31 Å². The highest BCUT2D eigenvalue weighted by atomic mass is 35.5. The third-order valence-corrected chi connectivity index (χ3v) is 7.79. The van der Waals surface area contributed by atoms with Crippen molar-refractivity contribution in [3.63, 3.8) is 0 Å². The Morgan fingerprint density at radius 2 is 1.94 bits per heavy atom. The van der Waals surface area contributed by atoms with E-state index >= 15 is 0 Å². The number of piperidine rings is 1. The Kier molecular flexibility index (Phi) is 8.57. The number of carbonyl (C=O) groups is 1. The van der Waals surface area contributed by atoms with Gasteiger partial charge in [-0.15, -0.1) is 0 Å². The van der Waals surface area contributed by atoms with Gasteiger partial charge in [-0.25, -0.2) is 8.42 Å². The maximum atomic E-state index is 13.2. The fourth-order valence-corrected chi connectivity index (χ4v) is 5.67. The summed E-state index contributed by atoms with van der Waals surface area (Å²) in [6, 6.07) is 12.3. The highest BCUT2D eigenvalue weighted by molar-refractivity contribution is 7.89. The smallest absolute Gasteiger partial charge is 0.243 e. The normalized spacial score (nSPS) is 17.2.